The number of nitrogens with one attached hydrogen (secondary N) is 6. The lowest BCUT2D eigenvalue weighted by Gasteiger charge is -2.18. The van der Waals surface area contributed by atoms with Crippen molar-refractivity contribution in [2.75, 3.05) is 0 Å². The molecule has 1 aliphatic rings. The zero-order valence-corrected chi connectivity index (χ0v) is 33.6. The molecule has 284 valence electrons. The number of aromatic amines is 6. The van der Waals surface area contributed by atoms with E-state index in [-0.39, 0.29) is 0 Å². The van der Waals surface area contributed by atoms with Crippen molar-refractivity contribution in [3.05, 3.63) is 158 Å². The van der Waals surface area contributed by atoms with Gasteiger partial charge in [0.15, 0.2) is 0 Å². The Morgan fingerprint density at radius 3 is 1.07 bits per heavy atom. The first-order valence-electron chi connectivity index (χ1n) is 19.6. The second-order valence-electron chi connectivity index (χ2n) is 14.8. The summed E-state index contributed by atoms with van der Waals surface area (Å²) >= 11 is -0.930. The lowest BCUT2D eigenvalue weighted by molar-refractivity contribution is 1.27. The van der Waals surface area contributed by atoms with Crippen molar-refractivity contribution in [1.82, 2.24) is 49.8 Å². The Balaban J connectivity index is 1.25. The van der Waals surface area contributed by atoms with Crippen molar-refractivity contribution >= 4 is 70.6 Å². The van der Waals surface area contributed by atoms with E-state index >= 15 is 0 Å². The highest BCUT2D eigenvalue weighted by molar-refractivity contribution is 14.2. The molecule has 6 N–H and O–H groups in total. The van der Waals surface area contributed by atoms with Crippen LogP contribution in [0.1, 0.15) is 0 Å². The fourth-order valence-electron chi connectivity index (χ4n) is 8.58. The molecule has 0 bridgehead atoms. The van der Waals surface area contributed by atoms with Gasteiger partial charge in [-0.1, -0.05) is 26.8 Å². The van der Waals surface area contributed by atoms with Crippen LogP contribution >= 0.6 is 20.7 Å². The van der Waals surface area contributed by atoms with E-state index in [0.29, 0.717) is 16.6 Å². The molecule has 1 aliphatic heterocycles. The fourth-order valence-corrected chi connectivity index (χ4v) is 11.8. The molecular weight excluding hydrogens is 858 g/mol. The summed E-state index contributed by atoms with van der Waals surface area (Å²) in [5.74, 6) is 0. The van der Waals surface area contributed by atoms with E-state index in [4.69, 9.17) is 24.9 Å². The summed E-state index contributed by atoms with van der Waals surface area (Å²) < 4.78 is 2.27. The second kappa shape index (κ2) is 12.9. The molecule has 0 unspecified atom stereocenters. The molecule has 0 fully saturated rings. The smallest absolute Gasteiger partial charge is 0.120 e. The van der Waals surface area contributed by atoms with Crippen molar-refractivity contribution in [3.8, 4) is 67.5 Å². The number of fused-ring (bicyclic) bond motifs is 9. The Hall–Kier alpha value is -7.71. The molecule has 8 aromatic heterocycles. The van der Waals surface area contributed by atoms with E-state index in [1.165, 1.54) is 3.15 Å². The van der Waals surface area contributed by atoms with Crippen LogP contribution in [0.15, 0.2) is 151 Å². The summed E-state index contributed by atoms with van der Waals surface area (Å²) in [6.45, 7) is 0. The van der Waals surface area contributed by atoms with Crippen LogP contribution in [0.4, 0.5) is 5.69 Å². The van der Waals surface area contributed by atoms with Gasteiger partial charge in [-0.2, -0.15) is 0 Å². The third-order valence-electron chi connectivity index (χ3n) is 11.4. The van der Waals surface area contributed by atoms with Crippen LogP contribution in [0.25, 0.3) is 112 Å². The van der Waals surface area contributed by atoms with E-state index in [1.807, 2.05) is 73.6 Å². The number of rotatable bonds is 6. The van der Waals surface area contributed by atoms with Crippen LogP contribution in [-0.4, -0.2) is 49.8 Å². The van der Waals surface area contributed by atoms with Gasteiger partial charge in [-0.15, -0.1) is 0 Å². The van der Waals surface area contributed by atoms with Crippen LogP contribution in [0.5, 0.6) is 0 Å². The first-order valence-corrected chi connectivity index (χ1v) is 21.7. The lowest BCUT2D eigenvalue weighted by atomic mass is 10.0. The zero-order valence-electron chi connectivity index (χ0n) is 31.5. The number of H-pyrrole nitrogens is 6. The first kappa shape index (κ1) is 33.3. The number of benzene rings is 4. The molecule has 0 saturated heterocycles. The summed E-state index contributed by atoms with van der Waals surface area (Å²) in [6, 6.07) is 37.5. The maximum atomic E-state index is 5.69. The van der Waals surface area contributed by atoms with Crippen molar-refractivity contribution < 1.29 is 0 Å². The molecule has 11 nitrogen and oxygen atoms in total. The van der Waals surface area contributed by atoms with Gasteiger partial charge in [-0.25, -0.2) is 24.9 Å². The van der Waals surface area contributed by atoms with E-state index in [1.54, 1.807) is 0 Å². The second-order valence-corrected chi connectivity index (χ2v) is 17.4. The maximum Gasteiger partial charge on any atom is 0.120 e. The van der Waals surface area contributed by atoms with E-state index < -0.39 is 20.7 Å². The highest BCUT2D eigenvalue weighted by Crippen LogP contribution is 2.45. The van der Waals surface area contributed by atoms with Gasteiger partial charge in [0.25, 0.3) is 0 Å². The van der Waals surface area contributed by atoms with Crippen LogP contribution in [0.2, 0.25) is 0 Å². The third kappa shape index (κ3) is 4.94. The average Bonchev–Trinajstić information content (AvgIpc) is 4.13. The standard InChI is InChI=1S/C48H30IN11/c1-7-31(50-19-1)25-13-14-26(32-8-2-20-51-32)39-37(25)49-38-44(56-39)46-48(60-43-30(36-12-6-24-55-36)18-17-29(42(43)59-46)35-11-5-23-54-35)47-45(38)57-40-27(33-9-3-21-52-33)15-16-28(41(40)58-47)34-10-4-22-53-34/h1-24,50-55H. The van der Waals surface area contributed by atoms with Crippen LogP contribution < -0.4 is 5.36 Å². The Labute approximate surface area is 349 Å². The van der Waals surface area contributed by atoms with Gasteiger partial charge in [0.1, 0.15) is 27.8 Å². The molecule has 0 atom stereocenters. The van der Waals surface area contributed by atoms with Crippen molar-refractivity contribution in [2.45, 2.75) is 0 Å². The van der Waals surface area contributed by atoms with Gasteiger partial charge in [-0.05, 0) is 103 Å². The fraction of sp³-hybridized carbons (Fsp3) is 0. The summed E-state index contributed by atoms with van der Waals surface area (Å²) in [4.78, 5) is 48.9. The van der Waals surface area contributed by atoms with Gasteiger partial charge in [0, 0.05) is 108 Å². The quantitative estimate of drug-likeness (QED) is 0.0558. The van der Waals surface area contributed by atoms with Gasteiger partial charge in [0.2, 0.25) is 0 Å². The van der Waals surface area contributed by atoms with Crippen molar-refractivity contribution in [3.63, 3.8) is 0 Å². The largest absolute Gasteiger partial charge is 0.361 e. The number of hydrogen-bond acceptors (Lipinski definition) is 5. The summed E-state index contributed by atoms with van der Waals surface area (Å²) in [5.41, 5.74) is 18.6. The maximum absolute atomic E-state index is 5.69. The lowest BCUT2D eigenvalue weighted by Crippen LogP contribution is -2.12. The molecular formula is C48H30IN11. The number of halogens is 1. The van der Waals surface area contributed by atoms with Gasteiger partial charge >= 0.3 is 0 Å². The first-order chi connectivity index (χ1) is 29.7. The number of hydrogen-bond donors (Lipinski definition) is 6. The van der Waals surface area contributed by atoms with Crippen molar-refractivity contribution in [2.24, 2.45) is 4.99 Å². The molecule has 60 heavy (non-hydrogen) atoms. The van der Waals surface area contributed by atoms with E-state index in [2.05, 4.69) is 103 Å². The van der Waals surface area contributed by atoms with Gasteiger partial charge in [-0.3, -0.25) is 0 Å². The third-order valence-corrected chi connectivity index (χ3v) is 14.6. The highest BCUT2D eigenvalue weighted by Gasteiger charge is 2.27. The molecule has 9 heterocycles. The normalized spacial score (nSPS) is 12.4. The molecule has 12 aromatic rings. The Morgan fingerprint density at radius 2 is 0.650 bits per heavy atom. The Kier molecular flexibility index (Phi) is 7.15. The number of nitrogens with zero attached hydrogens (tertiary/aromatic N) is 5. The minimum absolute atomic E-state index is 0.656. The predicted molar refractivity (Wildman–Crippen MR) is 245 cm³/mol. The molecule has 4 aromatic carbocycles. The Bertz CT molecular complexity index is 3490. The molecule has 13 rings (SSSR count). The predicted octanol–water partition coefficient (Wildman–Crippen LogP) is 11.2. The van der Waals surface area contributed by atoms with E-state index in [0.717, 1.165) is 110 Å². The van der Waals surface area contributed by atoms with Crippen LogP contribution in [0, 0.1) is 6.72 Å². The number of aromatic nitrogens is 10. The minimum atomic E-state index is -0.930. The molecule has 12 heteroatoms. The van der Waals surface area contributed by atoms with E-state index in [9.17, 15) is 0 Å². The molecule has 0 amide bonds. The molecule has 0 radical (unpaired) electrons. The summed E-state index contributed by atoms with van der Waals surface area (Å²) in [5, 5.41) is 0.937. The molecule has 0 saturated carbocycles. The van der Waals surface area contributed by atoms with Gasteiger partial charge in [0.05, 0.1) is 31.0 Å². The topological polar surface area (TPSA) is 159 Å². The zero-order chi connectivity index (χ0) is 39.3. The monoisotopic (exact) mass is 887 g/mol. The van der Waals surface area contributed by atoms with Gasteiger partial charge < -0.3 is 29.9 Å². The highest BCUT2D eigenvalue weighted by atomic mass is 127. The average molecular weight is 888 g/mol. The summed E-state index contributed by atoms with van der Waals surface area (Å²) in [7, 11) is 0. The Morgan fingerprint density at radius 1 is 0.317 bits per heavy atom. The summed E-state index contributed by atoms with van der Waals surface area (Å²) in [6.07, 6.45) is 11.7. The molecule has 0 spiro atoms. The molecule has 0 aliphatic carbocycles. The van der Waals surface area contributed by atoms with Crippen molar-refractivity contribution in [1.29, 1.82) is 0 Å². The van der Waals surface area contributed by atoms with Crippen LogP contribution in [0.3, 0.4) is 0 Å². The SMILES string of the molecule is c1c[nH]c(-c2ccc(-c3ccc[nH]3)c3c2=Nc2c(c4nc5c(-c6ccc[nH]6)ccc(-c6ccc[nH]6)c5nc4c4nc5c(-c6ccc[nH]6)ccc(-c6ccc[nH]6)c5nc24)I=3)c1. The minimum Gasteiger partial charge on any atom is -0.361 e. The van der Waals surface area contributed by atoms with Crippen LogP contribution in [-0.2, 0) is 0 Å².